The molecule has 1 aromatic carbocycles. The van der Waals surface area contributed by atoms with E-state index in [-0.39, 0.29) is 35.0 Å². The molecular formula is C16H22N2O4S. The summed E-state index contributed by atoms with van der Waals surface area (Å²) in [7, 11) is -3.28. The number of sulfone groups is 1. The lowest BCUT2D eigenvalue weighted by Crippen LogP contribution is -2.43. The third-order valence-electron chi connectivity index (χ3n) is 3.73. The summed E-state index contributed by atoms with van der Waals surface area (Å²) in [6.07, 6.45) is 0.332. The summed E-state index contributed by atoms with van der Waals surface area (Å²) >= 11 is 0. The molecule has 1 atom stereocenters. The van der Waals surface area contributed by atoms with Crippen LogP contribution in [0.1, 0.15) is 38.8 Å². The molecule has 0 fully saturated rings. The van der Waals surface area contributed by atoms with Gasteiger partial charge >= 0.3 is 0 Å². The van der Waals surface area contributed by atoms with Crippen molar-refractivity contribution in [3.8, 4) is 0 Å². The molecule has 2 amide bonds. The van der Waals surface area contributed by atoms with Gasteiger partial charge in [0.1, 0.15) is 0 Å². The highest BCUT2D eigenvalue weighted by Gasteiger charge is 2.31. The maximum atomic E-state index is 12.1. The van der Waals surface area contributed by atoms with Crippen molar-refractivity contribution in [3.05, 3.63) is 29.8 Å². The maximum absolute atomic E-state index is 12.1. The number of amides is 2. The molecule has 0 aliphatic carbocycles. The van der Waals surface area contributed by atoms with Gasteiger partial charge < -0.3 is 10.6 Å². The summed E-state index contributed by atoms with van der Waals surface area (Å²) in [6, 6.07) is 6.34. The van der Waals surface area contributed by atoms with Gasteiger partial charge in [0, 0.05) is 5.41 Å². The molecule has 1 aliphatic heterocycles. The normalized spacial score (nSPS) is 19.5. The summed E-state index contributed by atoms with van der Waals surface area (Å²) in [4.78, 5) is 24.1. The van der Waals surface area contributed by atoms with Crippen LogP contribution in [-0.2, 0) is 19.4 Å². The van der Waals surface area contributed by atoms with Gasteiger partial charge in [-0.05, 0) is 18.1 Å². The number of rotatable bonds is 3. The quantitative estimate of drug-likeness (QED) is 0.866. The van der Waals surface area contributed by atoms with Gasteiger partial charge in [0.15, 0.2) is 9.84 Å². The van der Waals surface area contributed by atoms with Gasteiger partial charge in [-0.1, -0.05) is 39.0 Å². The minimum Gasteiger partial charge on any atom is -0.348 e. The van der Waals surface area contributed by atoms with Gasteiger partial charge in [0.05, 0.1) is 23.2 Å². The van der Waals surface area contributed by atoms with E-state index in [0.717, 1.165) is 0 Å². The van der Waals surface area contributed by atoms with E-state index in [1.54, 1.807) is 45.0 Å². The van der Waals surface area contributed by atoms with Gasteiger partial charge in [0.2, 0.25) is 11.8 Å². The Hall–Kier alpha value is -1.89. The van der Waals surface area contributed by atoms with Crippen molar-refractivity contribution in [2.75, 3.05) is 12.3 Å². The molecule has 126 valence electrons. The minimum absolute atomic E-state index is 0.00328. The molecule has 2 rings (SSSR count). The molecule has 1 unspecified atom stereocenters. The molecule has 0 saturated heterocycles. The first-order valence-electron chi connectivity index (χ1n) is 7.50. The molecule has 1 heterocycles. The minimum atomic E-state index is -3.28. The van der Waals surface area contributed by atoms with E-state index in [2.05, 4.69) is 10.6 Å². The number of carbonyl (C=O) groups is 2. The van der Waals surface area contributed by atoms with E-state index < -0.39 is 15.3 Å². The highest BCUT2D eigenvalue weighted by molar-refractivity contribution is 7.91. The summed E-state index contributed by atoms with van der Waals surface area (Å²) < 4.78 is 24.1. The number of benzene rings is 1. The molecule has 2 N–H and O–H groups in total. The maximum Gasteiger partial charge on any atom is 0.239 e. The van der Waals surface area contributed by atoms with Crippen LogP contribution in [0, 0.1) is 5.41 Å². The van der Waals surface area contributed by atoms with Gasteiger partial charge in [-0.25, -0.2) is 8.42 Å². The van der Waals surface area contributed by atoms with Gasteiger partial charge in [-0.3, -0.25) is 9.59 Å². The van der Waals surface area contributed by atoms with Crippen molar-refractivity contribution in [1.82, 2.24) is 10.6 Å². The average molecular weight is 338 g/mol. The Bertz CT molecular complexity index is 720. The third kappa shape index (κ3) is 4.10. The summed E-state index contributed by atoms with van der Waals surface area (Å²) in [5, 5.41) is 5.38. The van der Waals surface area contributed by atoms with E-state index in [1.165, 1.54) is 0 Å². The van der Waals surface area contributed by atoms with Crippen molar-refractivity contribution in [2.24, 2.45) is 5.41 Å². The molecule has 6 nitrogen and oxygen atoms in total. The van der Waals surface area contributed by atoms with Crippen molar-refractivity contribution in [2.45, 2.75) is 38.1 Å². The standard InChI is InChI=1S/C16H22N2O4S/c1-16(2,3)15(20)17-10-14(19)18-12-8-9-23(21,22)13-7-5-4-6-11(12)13/h4-7,12H,8-10H2,1-3H3,(H,17,20)(H,18,19). The van der Waals surface area contributed by atoms with Crippen LogP contribution in [-0.4, -0.2) is 32.5 Å². The molecule has 0 saturated carbocycles. The van der Waals surface area contributed by atoms with E-state index in [0.29, 0.717) is 12.0 Å². The van der Waals surface area contributed by atoms with Crippen LogP contribution in [0.2, 0.25) is 0 Å². The number of fused-ring (bicyclic) bond motifs is 1. The first kappa shape index (κ1) is 17.5. The summed E-state index contributed by atoms with van der Waals surface area (Å²) in [5.41, 5.74) is 0.0421. The van der Waals surface area contributed by atoms with Crippen LogP contribution >= 0.6 is 0 Å². The predicted octanol–water partition coefficient (Wildman–Crippen LogP) is 1.18. The molecule has 7 heteroatoms. The highest BCUT2D eigenvalue weighted by atomic mass is 32.2. The largest absolute Gasteiger partial charge is 0.348 e. The number of hydrogen-bond donors (Lipinski definition) is 2. The fourth-order valence-electron chi connectivity index (χ4n) is 2.41. The fraction of sp³-hybridized carbons (Fsp3) is 0.500. The second-order valence-electron chi connectivity index (χ2n) is 6.70. The predicted molar refractivity (Wildman–Crippen MR) is 86.5 cm³/mol. The van der Waals surface area contributed by atoms with E-state index in [1.807, 2.05) is 0 Å². The zero-order chi connectivity index (χ0) is 17.3. The molecule has 0 aromatic heterocycles. The average Bonchev–Trinajstić information content (AvgIpc) is 2.47. The molecule has 1 aromatic rings. The monoisotopic (exact) mass is 338 g/mol. The van der Waals surface area contributed by atoms with Gasteiger partial charge in [0.25, 0.3) is 0 Å². The number of hydrogen-bond acceptors (Lipinski definition) is 4. The molecule has 1 aliphatic rings. The first-order valence-corrected chi connectivity index (χ1v) is 9.16. The fourth-order valence-corrected chi connectivity index (χ4v) is 4.03. The van der Waals surface area contributed by atoms with E-state index >= 15 is 0 Å². The molecular weight excluding hydrogens is 316 g/mol. The SMILES string of the molecule is CC(C)(C)C(=O)NCC(=O)NC1CCS(=O)(=O)c2ccccc21. The third-order valence-corrected chi connectivity index (χ3v) is 5.55. The Morgan fingerprint density at radius 2 is 1.87 bits per heavy atom. The lowest BCUT2D eigenvalue weighted by molar-refractivity contribution is -0.131. The lowest BCUT2D eigenvalue weighted by atomic mass is 9.96. The Balaban J connectivity index is 2.04. The smallest absolute Gasteiger partial charge is 0.239 e. The van der Waals surface area contributed by atoms with Gasteiger partial charge in [-0.2, -0.15) is 0 Å². The second-order valence-corrected chi connectivity index (χ2v) is 8.78. The van der Waals surface area contributed by atoms with Crippen molar-refractivity contribution in [1.29, 1.82) is 0 Å². The van der Waals surface area contributed by atoms with Crippen LogP contribution in [0.4, 0.5) is 0 Å². The van der Waals surface area contributed by atoms with E-state index in [9.17, 15) is 18.0 Å². The zero-order valence-electron chi connectivity index (χ0n) is 13.5. The summed E-state index contributed by atoms with van der Waals surface area (Å²) in [6.45, 7) is 5.18. The Labute approximate surface area is 136 Å². The molecule has 0 bridgehead atoms. The second kappa shape index (κ2) is 6.31. The first-order chi connectivity index (χ1) is 10.6. The number of nitrogens with one attached hydrogen (secondary N) is 2. The summed E-state index contributed by atoms with van der Waals surface area (Å²) in [5.74, 6) is -0.537. The highest BCUT2D eigenvalue weighted by Crippen LogP contribution is 2.31. The van der Waals surface area contributed by atoms with Crippen molar-refractivity contribution < 1.29 is 18.0 Å². The van der Waals surface area contributed by atoms with Gasteiger partial charge in [-0.15, -0.1) is 0 Å². The van der Waals surface area contributed by atoms with E-state index in [4.69, 9.17) is 0 Å². The number of carbonyl (C=O) groups excluding carboxylic acids is 2. The van der Waals surface area contributed by atoms with Crippen LogP contribution in [0.5, 0.6) is 0 Å². The molecule has 0 spiro atoms. The van der Waals surface area contributed by atoms with Crippen LogP contribution < -0.4 is 10.6 Å². The Morgan fingerprint density at radius 1 is 1.22 bits per heavy atom. The molecule has 0 radical (unpaired) electrons. The van der Waals surface area contributed by atoms with Crippen LogP contribution in [0.15, 0.2) is 29.2 Å². The lowest BCUT2D eigenvalue weighted by Gasteiger charge is -2.26. The Kier molecular flexibility index (Phi) is 4.79. The molecule has 23 heavy (non-hydrogen) atoms. The van der Waals surface area contributed by atoms with Crippen LogP contribution in [0.3, 0.4) is 0 Å². The Morgan fingerprint density at radius 3 is 2.52 bits per heavy atom. The topological polar surface area (TPSA) is 92.3 Å². The van der Waals surface area contributed by atoms with Crippen LogP contribution in [0.25, 0.3) is 0 Å². The van der Waals surface area contributed by atoms with Crippen molar-refractivity contribution >= 4 is 21.7 Å². The van der Waals surface area contributed by atoms with Crippen molar-refractivity contribution in [3.63, 3.8) is 0 Å². The zero-order valence-corrected chi connectivity index (χ0v) is 14.4.